The molecule has 1 aromatic heterocycles. The molecule has 0 radical (unpaired) electrons. The van der Waals surface area contributed by atoms with Crippen LogP contribution in [-0.4, -0.2) is 63.4 Å². The first-order valence-corrected chi connectivity index (χ1v) is 10.5. The first kappa shape index (κ1) is 21.7. The average Bonchev–Trinajstić information content (AvgIpc) is 3.34. The Balaban J connectivity index is 1.36. The van der Waals surface area contributed by atoms with Crippen molar-refractivity contribution in [2.24, 2.45) is 0 Å². The summed E-state index contributed by atoms with van der Waals surface area (Å²) in [6.07, 6.45) is 4.64. The number of aromatic nitrogens is 2. The number of piperazine rings is 1. The third-order valence-corrected chi connectivity index (χ3v) is 5.69. The van der Waals surface area contributed by atoms with Crippen LogP contribution in [0.2, 0.25) is 0 Å². The molecule has 2 heterocycles. The predicted octanol–water partition coefficient (Wildman–Crippen LogP) is 2.46. The second-order valence-electron chi connectivity index (χ2n) is 8.01. The van der Waals surface area contributed by atoms with Crippen LogP contribution in [0.4, 0.5) is 5.69 Å². The van der Waals surface area contributed by atoms with Gasteiger partial charge in [0.15, 0.2) is 0 Å². The summed E-state index contributed by atoms with van der Waals surface area (Å²) in [6.45, 7) is 5.59. The predicted molar refractivity (Wildman–Crippen MR) is 121 cm³/mol. The molecule has 9 nitrogen and oxygen atoms in total. The van der Waals surface area contributed by atoms with Gasteiger partial charge >= 0.3 is 0 Å². The van der Waals surface area contributed by atoms with Crippen LogP contribution in [0.5, 0.6) is 0 Å². The zero-order chi connectivity index (χ0) is 22.5. The number of carbonyl (C=O) groups is 1. The number of amides is 1. The molecular weight excluding hydrogens is 408 g/mol. The number of likely N-dealkylation sites (N-methyl/N-ethyl adjacent to an activating group) is 1. The number of hydrogen-bond donors (Lipinski definition) is 1. The normalized spacial score (nSPS) is 14.9. The van der Waals surface area contributed by atoms with Gasteiger partial charge in [-0.25, -0.2) is 4.98 Å². The molecule has 1 fully saturated rings. The number of nitro benzene ring substituents is 1. The number of rotatable bonds is 7. The van der Waals surface area contributed by atoms with E-state index in [1.807, 2.05) is 12.1 Å². The van der Waals surface area contributed by atoms with Crippen LogP contribution < -0.4 is 5.32 Å². The van der Waals surface area contributed by atoms with Crippen molar-refractivity contribution in [2.75, 3.05) is 33.2 Å². The summed E-state index contributed by atoms with van der Waals surface area (Å²) < 4.78 is 1.55. The van der Waals surface area contributed by atoms with Crippen molar-refractivity contribution in [1.29, 1.82) is 0 Å². The largest absolute Gasteiger partial charge is 0.348 e. The van der Waals surface area contributed by atoms with Gasteiger partial charge in [-0.2, -0.15) is 0 Å². The van der Waals surface area contributed by atoms with E-state index < -0.39 is 4.92 Å². The van der Waals surface area contributed by atoms with E-state index in [4.69, 9.17) is 0 Å². The van der Waals surface area contributed by atoms with Crippen molar-refractivity contribution in [3.63, 3.8) is 0 Å². The third kappa shape index (κ3) is 5.19. The number of hydrogen-bond acceptors (Lipinski definition) is 6. The number of benzene rings is 2. The number of nitrogens with one attached hydrogen (secondary N) is 1. The minimum atomic E-state index is -0.495. The van der Waals surface area contributed by atoms with Gasteiger partial charge in [0.05, 0.1) is 11.3 Å². The molecule has 1 amide bonds. The summed E-state index contributed by atoms with van der Waals surface area (Å²) in [5.74, 6) is -0.355. The summed E-state index contributed by atoms with van der Waals surface area (Å²) in [5.41, 5.74) is 2.68. The van der Waals surface area contributed by atoms with Crippen LogP contribution >= 0.6 is 0 Å². The van der Waals surface area contributed by atoms with Crippen LogP contribution in [-0.2, 0) is 13.1 Å². The van der Waals surface area contributed by atoms with Gasteiger partial charge in [-0.1, -0.05) is 24.3 Å². The minimum Gasteiger partial charge on any atom is -0.348 e. The highest BCUT2D eigenvalue weighted by molar-refractivity contribution is 5.95. The lowest BCUT2D eigenvalue weighted by molar-refractivity contribution is -0.384. The molecule has 3 aromatic rings. The molecule has 166 valence electrons. The SMILES string of the molecule is CN1CCN(Cc2ccc(CNC(=O)c3ccc(-n4ccnc4)c([N+](=O)[O-])c3)cc2)CC1. The van der Waals surface area contributed by atoms with Crippen molar-refractivity contribution in [3.05, 3.63) is 88.0 Å². The Morgan fingerprint density at radius 2 is 1.81 bits per heavy atom. The highest BCUT2D eigenvalue weighted by atomic mass is 16.6. The highest BCUT2D eigenvalue weighted by Crippen LogP contribution is 2.24. The van der Waals surface area contributed by atoms with E-state index in [0.717, 1.165) is 38.3 Å². The quantitative estimate of drug-likeness (QED) is 0.453. The molecule has 0 saturated carbocycles. The van der Waals surface area contributed by atoms with Crippen LogP contribution in [0.3, 0.4) is 0 Å². The van der Waals surface area contributed by atoms with E-state index in [0.29, 0.717) is 12.2 Å². The Morgan fingerprint density at radius 1 is 1.09 bits per heavy atom. The summed E-state index contributed by atoms with van der Waals surface area (Å²) in [5, 5.41) is 14.3. The molecule has 2 aromatic carbocycles. The fraction of sp³-hybridized carbons (Fsp3) is 0.304. The Hall–Kier alpha value is -3.56. The molecule has 9 heteroatoms. The maximum absolute atomic E-state index is 12.6. The van der Waals surface area contributed by atoms with Crippen molar-refractivity contribution in [2.45, 2.75) is 13.1 Å². The number of nitrogens with zero attached hydrogens (tertiary/aromatic N) is 5. The van der Waals surface area contributed by atoms with Gasteiger partial charge in [0.2, 0.25) is 0 Å². The van der Waals surface area contributed by atoms with Gasteiger partial charge in [0, 0.05) is 63.3 Å². The Morgan fingerprint density at radius 3 is 2.47 bits per heavy atom. The molecular formula is C23H26N6O3. The molecule has 4 rings (SSSR count). The van der Waals surface area contributed by atoms with E-state index in [2.05, 4.69) is 39.3 Å². The van der Waals surface area contributed by atoms with E-state index in [9.17, 15) is 14.9 Å². The standard InChI is InChI=1S/C23H26N6O3/c1-26-10-12-27(13-11-26)16-19-4-2-18(3-5-19)15-25-23(30)20-6-7-21(22(14-20)29(31)32)28-9-8-24-17-28/h2-9,14,17H,10-13,15-16H2,1H3,(H,25,30). The summed E-state index contributed by atoms with van der Waals surface area (Å²) >= 11 is 0. The van der Waals surface area contributed by atoms with Crippen LogP contribution in [0, 0.1) is 10.1 Å². The molecule has 1 saturated heterocycles. The second-order valence-corrected chi connectivity index (χ2v) is 8.01. The first-order chi connectivity index (χ1) is 15.5. The lowest BCUT2D eigenvalue weighted by atomic mass is 10.1. The molecule has 1 aliphatic heterocycles. The number of imidazole rings is 1. The van der Waals surface area contributed by atoms with Gasteiger partial charge in [0.25, 0.3) is 11.6 Å². The third-order valence-electron chi connectivity index (χ3n) is 5.69. The molecule has 1 N–H and O–H groups in total. The molecule has 0 atom stereocenters. The highest BCUT2D eigenvalue weighted by Gasteiger charge is 2.19. The van der Waals surface area contributed by atoms with Crippen molar-refractivity contribution in [1.82, 2.24) is 24.7 Å². The molecule has 0 unspecified atom stereocenters. The Labute approximate surface area is 186 Å². The van der Waals surface area contributed by atoms with Crippen molar-refractivity contribution in [3.8, 4) is 5.69 Å². The van der Waals surface area contributed by atoms with Gasteiger partial charge < -0.3 is 14.8 Å². The zero-order valence-electron chi connectivity index (χ0n) is 18.0. The Kier molecular flexibility index (Phi) is 6.58. The fourth-order valence-corrected chi connectivity index (χ4v) is 3.74. The second kappa shape index (κ2) is 9.71. The molecule has 32 heavy (non-hydrogen) atoms. The van der Waals surface area contributed by atoms with Crippen LogP contribution in [0.25, 0.3) is 5.69 Å². The molecule has 0 aliphatic carbocycles. The van der Waals surface area contributed by atoms with Gasteiger partial charge in [-0.15, -0.1) is 0 Å². The van der Waals surface area contributed by atoms with E-state index in [1.165, 1.54) is 18.0 Å². The maximum Gasteiger partial charge on any atom is 0.294 e. The summed E-state index contributed by atoms with van der Waals surface area (Å²) in [6, 6.07) is 12.6. The number of carbonyl (C=O) groups excluding carboxylic acids is 1. The number of nitro groups is 1. The zero-order valence-corrected chi connectivity index (χ0v) is 18.0. The molecule has 0 spiro atoms. The lowest BCUT2D eigenvalue weighted by Crippen LogP contribution is -2.43. The van der Waals surface area contributed by atoms with Crippen molar-refractivity contribution >= 4 is 11.6 Å². The van der Waals surface area contributed by atoms with Gasteiger partial charge in [-0.3, -0.25) is 19.8 Å². The van der Waals surface area contributed by atoms with E-state index in [-0.39, 0.29) is 17.2 Å². The summed E-state index contributed by atoms with van der Waals surface area (Å²) in [4.78, 5) is 32.3. The van der Waals surface area contributed by atoms with E-state index in [1.54, 1.807) is 29.1 Å². The Bertz CT molecular complexity index is 1070. The average molecular weight is 435 g/mol. The van der Waals surface area contributed by atoms with Crippen LogP contribution in [0.15, 0.2) is 61.2 Å². The van der Waals surface area contributed by atoms with Gasteiger partial charge in [-0.05, 0) is 30.3 Å². The first-order valence-electron chi connectivity index (χ1n) is 10.5. The van der Waals surface area contributed by atoms with Gasteiger partial charge in [0.1, 0.15) is 5.69 Å². The minimum absolute atomic E-state index is 0.149. The van der Waals surface area contributed by atoms with E-state index >= 15 is 0 Å². The van der Waals surface area contributed by atoms with Crippen LogP contribution in [0.1, 0.15) is 21.5 Å². The smallest absolute Gasteiger partial charge is 0.294 e. The molecule has 0 bridgehead atoms. The monoisotopic (exact) mass is 434 g/mol. The summed E-state index contributed by atoms with van der Waals surface area (Å²) in [7, 11) is 2.15. The topological polar surface area (TPSA) is 96.5 Å². The fourth-order valence-electron chi connectivity index (χ4n) is 3.74. The molecule has 1 aliphatic rings. The van der Waals surface area contributed by atoms with Crippen molar-refractivity contribution < 1.29 is 9.72 Å². The lowest BCUT2D eigenvalue weighted by Gasteiger charge is -2.32. The maximum atomic E-state index is 12.6.